The normalized spacial score (nSPS) is 12.8. The Balaban J connectivity index is 0.00000147. The molecule has 0 fully saturated rings. The summed E-state index contributed by atoms with van der Waals surface area (Å²) in [6.45, 7) is 2.83. The molecule has 0 spiro atoms. The number of nitrogens with one attached hydrogen (secondary N) is 2. The van der Waals surface area contributed by atoms with Crippen molar-refractivity contribution in [2.24, 2.45) is 0 Å². The smallest absolute Gasteiger partial charge is 0.257 e. The summed E-state index contributed by atoms with van der Waals surface area (Å²) in [4.78, 5) is 12.3. The first-order chi connectivity index (χ1) is 9.24. The number of carbonyl (C=O) groups excluding carboxylic acids is 1. The second-order valence-electron chi connectivity index (χ2n) is 4.44. The Hall–Kier alpha value is -1.66. The molecule has 1 aromatic heterocycles. The molecule has 0 bridgehead atoms. The molecule has 1 aliphatic rings. The van der Waals surface area contributed by atoms with Crippen LogP contribution >= 0.6 is 23.7 Å². The lowest BCUT2D eigenvalue weighted by Gasteiger charge is -2.20. The van der Waals surface area contributed by atoms with Crippen LogP contribution < -0.4 is 10.6 Å². The Bertz CT molecular complexity index is 629. The van der Waals surface area contributed by atoms with Crippen molar-refractivity contribution in [1.29, 1.82) is 0 Å². The molecule has 2 aromatic rings. The van der Waals surface area contributed by atoms with E-state index in [4.69, 9.17) is 0 Å². The Kier molecular flexibility index (Phi) is 4.57. The average molecular weight is 311 g/mol. The van der Waals surface area contributed by atoms with E-state index in [0.717, 1.165) is 41.2 Å². The van der Waals surface area contributed by atoms with Gasteiger partial charge in [0, 0.05) is 17.8 Å². The summed E-state index contributed by atoms with van der Waals surface area (Å²) >= 11 is 1.38. The van der Waals surface area contributed by atoms with E-state index in [9.17, 15) is 4.79 Å². The fourth-order valence-corrected chi connectivity index (χ4v) is 2.82. The molecule has 2 heterocycles. The molecule has 20 heavy (non-hydrogen) atoms. The summed E-state index contributed by atoms with van der Waals surface area (Å²) in [5, 5.41) is 15.3. The van der Waals surface area contributed by atoms with Crippen molar-refractivity contribution in [2.45, 2.75) is 19.8 Å². The van der Waals surface area contributed by atoms with Gasteiger partial charge in [0.2, 0.25) is 5.13 Å². The van der Waals surface area contributed by atoms with E-state index in [1.54, 1.807) is 0 Å². The van der Waals surface area contributed by atoms with E-state index < -0.39 is 0 Å². The van der Waals surface area contributed by atoms with Crippen molar-refractivity contribution in [3.63, 3.8) is 0 Å². The summed E-state index contributed by atoms with van der Waals surface area (Å²) in [7, 11) is 0. The third kappa shape index (κ3) is 2.91. The number of benzene rings is 1. The van der Waals surface area contributed by atoms with Gasteiger partial charge in [0.25, 0.3) is 5.91 Å². The summed E-state index contributed by atoms with van der Waals surface area (Å²) < 4.78 is 0. The second kappa shape index (κ2) is 6.19. The number of fused-ring (bicyclic) bond motifs is 1. The first-order valence-corrected chi connectivity index (χ1v) is 7.03. The maximum absolute atomic E-state index is 12.3. The number of amides is 1. The van der Waals surface area contributed by atoms with Gasteiger partial charge in [-0.1, -0.05) is 17.4 Å². The summed E-state index contributed by atoms with van der Waals surface area (Å²) in [5.74, 6) is -0.114. The van der Waals surface area contributed by atoms with Crippen LogP contribution in [0.5, 0.6) is 0 Å². The van der Waals surface area contributed by atoms with E-state index in [1.807, 2.05) is 25.1 Å². The van der Waals surface area contributed by atoms with Crippen LogP contribution in [0.15, 0.2) is 18.2 Å². The Morgan fingerprint density at radius 1 is 1.40 bits per heavy atom. The molecule has 106 valence electrons. The SMILES string of the molecule is Cc1nnc(NC(=O)c2cccc3c2CCCN3)s1.Cl. The molecule has 1 amide bonds. The number of aromatic nitrogens is 2. The van der Waals surface area contributed by atoms with Crippen LogP contribution in [0.1, 0.15) is 27.3 Å². The molecule has 0 aliphatic carbocycles. The highest BCUT2D eigenvalue weighted by molar-refractivity contribution is 7.15. The molecular formula is C13H15ClN4OS. The Morgan fingerprint density at radius 2 is 2.25 bits per heavy atom. The largest absolute Gasteiger partial charge is 0.385 e. The first-order valence-electron chi connectivity index (χ1n) is 6.21. The van der Waals surface area contributed by atoms with Crippen molar-refractivity contribution < 1.29 is 4.79 Å². The predicted molar refractivity (Wildman–Crippen MR) is 83.1 cm³/mol. The number of aryl methyl sites for hydroxylation is 1. The van der Waals surface area contributed by atoms with Crippen LogP contribution in [0.4, 0.5) is 10.8 Å². The summed E-state index contributed by atoms with van der Waals surface area (Å²) in [6, 6.07) is 5.77. The standard InChI is InChI=1S/C13H14N4OS.ClH/c1-8-16-17-13(19-8)15-12(18)10-4-2-6-11-9(10)5-3-7-14-11;/h2,4,6,14H,3,5,7H2,1H3,(H,15,17,18);1H. The van der Waals surface area contributed by atoms with Crippen LogP contribution in [0.25, 0.3) is 0 Å². The van der Waals surface area contributed by atoms with Crippen molar-refractivity contribution in [1.82, 2.24) is 10.2 Å². The van der Waals surface area contributed by atoms with Gasteiger partial charge < -0.3 is 5.32 Å². The van der Waals surface area contributed by atoms with Gasteiger partial charge in [-0.05, 0) is 37.5 Å². The molecule has 1 aliphatic heterocycles. The first kappa shape index (κ1) is 14.7. The zero-order chi connectivity index (χ0) is 13.2. The number of rotatable bonds is 2. The van der Waals surface area contributed by atoms with E-state index in [2.05, 4.69) is 20.8 Å². The summed E-state index contributed by atoms with van der Waals surface area (Å²) in [5.41, 5.74) is 2.87. The highest BCUT2D eigenvalue weighted by Crippen LogP contribution is 2.26. The molecular weight excluding hydrogens is 296 g/mol. The van der Waals surface area contributed by atoms with E-state index in [0.29, 0.717) is 5.13 Å². The molecule has 0 unspecified atom stereocenters. The molecule has 0 saturated heterocycles. The maximum atomic E-state index is 12.3. The molecule has 2 N–H and O–H groups in total. The monoisotopic (exact) mass is 310 g/mol. The van der Waals surface area contributed by atoms with Crippen molar-refractivity contribution in [2.75, 3.05) is 17.2 Å². The molecule has 3 rings (SSSR count). The lowest BCUT2D eigenvalue weighted by molar-refractivity contribution is 0.102. The number of carbonyl (C=O) groups is 1. The molecule has 0 radical (unpaired) electrons. The molecule has 1 aromatic carbocycles. The number of hydrogen-bond acceptors (Lipinski definition) is 5. The fraction of sp³-hybridized carbons (Fsp3) is 0.308. The lowest BCUT2D eigenvalue weighted by atomic mass is 9.97. The van der Waals surface area contributed by atoms with Crippen molar-refractivity contribution in [3.8, 4) is 0 Å². The van der Waals surface area contributed by atoms with Gasteiger partial charge in [-0.15, -0.1) is 22.6 Å². The Morgan fingerprint density at radius 3 is 3.00 bits per heavy atom. The van der Waals surface area contributed by atoms with Gasteiger partial charge in [0.1, 0.15) is 5.01 Å². The number of hydrogen-bond donors (Lipinski definition) is 2. The summed E-state index contributed by atoms with van der Waals surface area (Å²) in [6.07, 6.45) is 1.98. The third-order valence-electron chi connectivity index (χ3n) is 3.09. The third-order valence-corrected chi connectivity index (χ3v) is 3.84. The van der Waals surface area contributed by atoms with Gasteiger partial charge in [-0.2, -0.15) is 0 Å². The minimum Gasteiger partial charge on any atom is -0.385 e. The average Bonchev–Trinajstić information content (AvgIpc) is 2.83. The topological polar surface area (TPSA) is 66.9 Å². The van der Waals surface area contributed by atoms with Crippen LogP contribution in [0.3, 0.4) is 0 Å². The minimum atomic E-state index is -0.114. The van der Waals surface area contributed by atoms with Gasteiger partial charge in [0.15, 0.2) is 0 Å². The van der Waals surface area contributed by atoms with Crippen LogP contribution in [-0.4, -0.2) is 22.6 Å². The van der Waals surface area contributed by atoms with Gasteiger partial charge >= 0.3 is 0 Å². The molecule has 0 saturated carbocycles. The predicted octanol–water partition coefficient (Wildman–Crippen LogP) is 2.88. The van der Waals surface area contributed by atoms with E-state index in [-0.39, 0.29) is 18.3 Å². The zero-order valence-electron chi connectivity index (χ0n) is 11.0. The fourth-order valence-electron chi connectivity index (χ4n) is 2.23. The number of nitrogens with zero attached hydrogens (tertiary/aromatic N) is 2. The highest BCUT2D eigenvalue weighted by atomic mass is 35.5. The van der Waals surface area contributed by atoms with E-state index in [1.165, 1.54) is 11.3 Å². The zero-order valence-corrected chi connectivity index (χ0v) is 12.6. The molecule has 7 heteroatoms. The van der Waals surface area contributed by atoms with E-state index >= 15 is 0 Å². The highest BCUT2D eigenvalue weighted by Gasteiger charge is 2.18. The van der Waals surface area contributed by atoms with Crippen molar-refractivity contribution >= 4 is 40.5 Å². The van der Waals surface area contributed by atoms with Crippen molar-refractivity contribution in [3.05, 3.63) is 34.3 Å². The maximum Gasteiger partial charge on any atom is 0.257 e. The van der Waals surface area contributed by atoms with Crippen LogP contribution in [-0.2, 0) is 6.42 Å². The number of halogens is 1. The number of anilines is 2. The van der Waals surface area contributed by atoms with Crippen LogP contribution in [0.2, 0.25) is 0 Å². The lowest BCUT2D eigenvalue weighted by Crippen LogP contribution is -2.19. The van der Waals surface area contributed by atoms with Gasteiger partial charge in [-0.25, -0.2) is 0 Å². The molecule has 5 nitrogen and oxygen atoms in total. The van der Waals surface area contributed by atoms with Crippen LogP contribution in [0, 0.1) is 6.92 Å². The quantitative estimate of drug-likeness (QED) is 0.895. The minimum absolute atomic E-state index is 0. The second-order valence-corrected chi connectivity index (χ2v) is 5.62. The van der Waals surface area contributed by atoms with Gasteiger partial charge in [0.05, 0.1) is 0 Å². The molecule has 0 atom stereocenters. The van der Waals surface area contributed by atoms with Gasteiger partial charge in [-0.3, -0.25) is 10.1 Å². The Labute approximate surface area is 127 Å².